The van der Waals surface area contributed by atoms with Crippen molar-refractivity contribution in [2.24, 2.45) is 0 Å². The van der Waals surface area contributed by atoms with Gasteiger partial charge in [-0.25, -0.2) is 0 Å². The van der Waals surface area contributed by atoms with Gasteiger partial charge in [0.05, 0.1) is 0 Å². The highest BCUT2D eigenvalue weighted by molar-refractivity contribution is 9.11. The molecule has 1 unspecified atom stereocenters. The third-order valence-electron chi connectivity index (χ3n) is 1.86. The fraction of sp³-hybridized carbons (Fsp3) is 0.750. The van der Waals surface area contributed by atoms with Crippen molar-refractivity contribution < 1.29 is 0 Å². The number of aromatic nitrogens is 2. The topological polar surface area (TPSA) is 37.8 Å². The molecule has 0 saturated carbocycles. The fourth-order valence-electron chi connectivity index (χ4n) is 1.17. The molecule has 1 aromatic rings. The zero-order valence-electron chi connectivity index (χ0n) is 7.88. The van der Waals surface area contributed by atoms with Crippen molar-refractivity contribution >= 4 is 32.4 Å². The Morgan fingerprint density at radius 1 is 1.46 bits per heavy atom. The Balaban J connectivity index is 2.46. The highest BCUT2D eigenvalue weighted by Crippen LogP contribution is 2.21. The second-order valence-corrected chi connectivity index (χ2v) is 5.15. The maximum atomic E-state index is 4.00. The van der Waals surface area contributed by atoms with Gasteiger partial charge in [-0.05, 0) is 28.8 Å². The Morgan fingerprint density at radius 3 is 2.69 bits per heavy atom. The first kappa shape index (κ1) is 10.9. The molecular weight excluding hydrogens is 250 g/mol. The smallest absolute Gasteiger partial charge is 0.206 e. The molecule has 0 saturated heterocycles. The molecule has 1 heterocycles. The molecule has 0 radical (unpaired) electrons. The number of nitrogens with zero attached hydrogens (tertiary/aromatic N) is 2. The van der Waals surface area contributed by atoms with Gasteiger partial charge in [0, 0.05) is 6.04 Å². The van der Waals surface area contributed by atoms with Crippen molar-refractivity contribution in [2.45, 2.75) is 39.2 Å². The van der Waals surface area contributed by atoms with E-state index in [2.05, 4.69) is 45.3 Å². The minimum absolute atomic E-state index is 0.532. The highest BCUT2D eigenvalue weighted by atomic mass is 79.9. The number of anilines is 1. The predicted molar refractivity (Wildman–Crippen MR) is 60.2 cm³/mol. The summed E-state index contributed by atoms with van der Waals surface area (Å²) in [5.41, 5.74) is 0. The van der Waals surface area contributed by atoms with Crippen LogP contribution in [0, 0.1) is 0 Å². The van der Waals surface area contributed by atoms with Gasteiger partial charge in [-0.15, -0.1) is 10.2 Å². The summed E-state index contributed by atoms with van der Waals surface area (Å²) in [4.78, 5) is 0. The molecule has 3 nitrogen and oxygen atoms in total. The minimum Gasteiger partial charge on any atom is -0.357 e. The van der Waals surface area contributed by atoms with Gasteiger partial charge in [-0.1, -0.05) is 31.6 Å². The molecule has 0 aliphatic rings. The van der Waals surface area contributed by atoms with Crippen LogP contribution in [0.5, 0.6) is 0 Å². The van der Waals surface area contributed by atoms with Crippen molar-refractivity contribution in [2.75, 3.05) is 5.32 Å². The molecule has 1 N–H and O–H groups in total. The Hall–Kier alpha value is -0.160. The molecule has 74 valence electrons. The van der Waals surface area contributed by atoms with Crippen LogP contribution in [0.1, 0.15) is 33.1 Å². The molecule has 0 aliphatic carbocycles. The monoisotopic (exact) mass is 263 g/mol. The Bertz CT molecular complexity index is 251. The minimum atomic E-state index is 0.532. The largest absolute Gasteiger partial charge is 0.357 e. The van der Waals surface area contributed by atoms with E-state index in [0.717, 1.165) is 15.5 Å². The molecule has 0 aromatic carbocycles. The SMILES string of the molecule is CCCC(CC)Nc1nnc(Br)s1. The Morgan fingerprint density at radius 2 is 2.23 bits per heavy atom. The second kappa shape index (κ2) is 5.54. The van der Waals surface area contributed by atoms with Gasteiger partial charge in [0.1, 0.15) is 0 Å². The molecular formula is C8H14BrN3S. The molecule has 1 rings (SSSR count). The third kappa shape index (κ3) is 3.60. The van der Waals surface area contributed by atoms with E-state index in [9.17, 15) is 0 Å². The predicted octanol–water partition coefficient (Wildman–Crippen LogP) is 3.29. The summed E-state index contributed by atoms with van der Waals surface area (Å²) in [6.45, 7) is 4.38. The summed E-state index contributed by atoms with van der Waals surface area (Å²) >= 11 is 4.83. The lowest BCUT2D eigenvalue weighted by Crippen LogP contribution is -2.17. The fourth-order valence-corrected chi connectivity index (χ4v) is 2.25. The lowest BCUT2D eigenvalue weighted by atomic mass is 10.1. The Labute approximate surface area is 91.1 Å². The van der Waals surface area contributed by atoms with Crippen molar-refractivity contribution in [3.63, 3.8) is 0 Å². The van der Waals surface area contributed by atoms with Gasteiger partial charge in [0.15, 0.2) is 3.92 Å². The summed E-state index contributed by atoms with van der Waals surface area (Å²) < 4.78 is 0.835. The molecule has 1 atom stereocenters. The number of halogens is 1. The van der Waals surface area contributed by atoms with Crippen molar-refractivity contribution in [3.8, 4) is 0 Å². The van der Waals surface area contributed by atoms with Gasteiger partial charge < -0.3 is 5.32 Å². The zero-order chi connectivity index (χ0) is 9.68. The van der Waals surface area contributed by atoms with Crippen LogP contribution in [-0.4, -0.2) is 16.2 Å². The van der Waals surface area contributed by atoms with Crippen LogP contribution < -0.4 is 5.32 Å². The maximum Gasteiger partial charge on any atom is 0.206 e. The van der Waals surface area contributed by atoms with Crippen LogP contribution in [0.4, 0.5) is 5.13 Å². The van der Waals surface area contributed by atoms with E-state index in [1.165, 1.54) is 12.8 Å². The Kier molecular flexibility index (Phi) is 4.66. The highest BCUT2D eigenvalue weighted by Gasteiger charge is 2.07. The summed E-state index contributed by atoms with van der Waals surface area (Å²) in [6, 6.07) is 0.532. The van der Waals surface area contributed by atoms with Crippen molar-refractivity contribution in [3.05, 3.63) is 3.92 Å². The van der Waals surface area contributed by atoms with Crippen molar-refractivity contribution in [1.82, 2.24) is 10.2 Å². The maximum absolute atomic E-state index is 4.00. The van der Waals surface area contributed by atoms with Gasteiger partial charge in [-0.2, -0.15) is 0 Å². The third-order valence-corrected chi connectivity index (χ3v) is 3.15. The van der Waals surface area contributed by atoms with Gasteiger partial charge in [-0.3, -0.25) is 0 Å². The normalized spacial score (nSPS) is 12.8. The molecule has 0 bridgehead atoms. The molecule has 1 aromatic heterocycles. The summed E-state index contributed by atoms with van der Waals surface area (Å²) in [6.07, 6.45) is 3.52. The second-order valence-electron chi connectivity index (χ2n) is 2.90. The van der Waals surface area contributed by atoms with E-state index < -0.39 is 0 Å². The number of rotatable bonds is 5. The number of hydrogen-bond donors (Lipinski definition) is 1. The van der Waals surface area contributed by atoms with E-state index >= 15 is 0 Å². The zero-order valence-corrected chi connectivity index (χ0v) is 10.3. The lowest BCUT2D eigenvalue weighted by molar-refractivity contribution is 0.621. The molecule has 13 heavy (non-hydrogen) atoms. The van der Waals surface area contributed by atoms with E-state index in [-0.39, 0.29) is 0 Å². The van der Waals surface area contributed by atoms with Crippen molar-refractivity contribution in [1.29, 1.82) is 0 Å². The molecule has 0 aliphatic heterocycles. The average molecular weight is 264 g/mol. The van der Waals surface area contributed by atoms with Crippen LogP contribution in [0.3, 0.4) is 0 Å². The molecule has 0 spiro atoms. The van der Waals surface area contributed by atoms with Crippen LogP contribution in [0.25, 0.3) is 0 Å². The summed E-state index contributed by atoms with van der Waals surface area (Å²) in [5.74, 6) is 0. The quantitative estimate of drug-likeness (QED) is 0.886. The van der Waals surface area contributed by atoms with Gasteiger partial charge in [0.2, 0.25) is 5.13 Å². The van der Waals surface area contributed by atoms with Crippen LogP contribution >= 0.6 is 27.3 Å². The average Bonchev–Trinajstić information content (AvgIpc) is 2.50. The van der Waals surface area contributed by atoms with E-state index in [0.29, 0.717) is 6.04 Å². The van der Waals surface area contributed by atoms with Gasteiger partial charge >= 0.3 is 0 Å². The summed E-state index contributed by atoms with van der Waals surface area (Å²) in [7, 11) is 0. The number of hydrogen-bond acceptors (Lipinski definition) is 4. The first-order valence-electron chi connectivity index (χ1n) is 4.51. The van der Waals surface area contributed by atoms with Crippen LogP contribution in [0.15, 0.2) is 3.92 Å². The lowest BCUT2D eigenvalue weighted by Gasteiger charge is -2.13. The standard InChI is InChI=1S/C8H14BrN3S/c1-3-5-6(4-2)10-8-12-11-7(9)13-8/h6H,3-5H2,1-2H3,(H,10,12). The van der Waals surface area contributed by atoms with E-state index in [4.69, 9.17) is 0 Å². The molecule has 0 amide bonds. The van der Waals surface area contributed by atoms with Crippen LogP contribution in [-0.2, 0) is 0 Å². The van der Waals surface area contributed by atoms with Gasteiger partial charge in [0.25, 0.3) is 0 Å². The van der Waals surface area contributed by atoms with Crippen LogP contribution in [0.2, 0.25) is 0 Å². The number of nitrogens with one attached hydrogen (secondary N) is 1. The summed E-state index contributed by atoms with van der Waals surface area (Å²) in [5, 5.41) is 12.2. The van der Waals surface area contributed by atoms with E-state index in [1.54, 1.807) is 11.3 Å². The molecule has 0 fully saturated rings. The molecule has 5 heteroatoms. The first-order valence-corrected chi connectivity index (χ1v) is 6.12. The first-order chi connectivity index (χ1) is 6.26. The van der Waals surface area contributed by atoms with E-state index in [1.807, 2.05) is 0 Å².